The van der Waals surface area contributed by atoms with E-state index in [4.69, 9.17) is 4.74 Å². The predicted octanol–water partition coefficient (Wildman–Crippen LogP) is 3.82. The number of hydrogen-bond donors (Lipinski definition) is 1. The Morgan fingerprint density at radius 2 is 2.14 bits per heavy atom. The molecule has 0 aromatic carbocycles. The van der Waals surface area contributed by atoms with Crippen molar-refractivity contribution >= 4 is 28.2 Å². The van der Waals surface area contributed by atoms with E-state index in [9.17, 15) is 22.8 Å². The van der Waals surface area contributed by atoms with E-state index in [1.165, 1.54) is 25.4 Å². The Hall–Kier alpha value is -2.36. The number of carbonyl (C=O) groups excluding carboxylic acids is 2. The topological polar surface area (TPSA) is 73.2 Å². The highest BCUT2D eigenvalue weighted by Crippen LogP contribution is 2.40. The van der Waals surface area contributed by atoms with E-state index in [1.807, 2.05) is 0 Å². The summed E-state index contributed by atoms with van der Waals surface area (Å²) >= 11 is 1.32. The maximum atomic E-state index is 12.8. The van der Waals surface area contributed by atoms with Gasteiger partial charge in [-0.3, -0.25) is 9.48 Å². The Bertz CT molecular complexity index is 917. The Morgan fingerprint density at radius 1 is 1.43 bits per heavy atom. The number of alkyl halides is 3. The molecule has 2 aromatic heterocycles. The average molecular weight is 415 g/mol. The molecule has 0 radical (unpaired) electrons. The lowest BCUT2D eigenvalue weighted by Gasteiger charge is -2.18. The molecule has 152 valence electrons. The summed E-state index contributed by atoms with van der Waals surface area (Å²) in [5.74, 6) is -0.610. The number of nitrogens with zero attached hydrogens (tertiary/aromatic N) is 2. The van der Waals surface area contributed by atoms with Crippen LogP contribution in [0.15, 0.2) is 6.07 Å². The summed E-state index contributed by atoms with van der Waals surface area (Å²) in [6.07, 6.45) is -2.10. The number of aryl methyl sites for hydroxylation is 1. The Balaban J connectivity index is 1.83. The Labute approximate surface area is 163 Å². The average Bonchev–Trinajstić information content (AvgIpc) is 3.14. The molecule has 2 heterocycles. The van der Waals surface area contributed by atoms with Gasteiger partial charge in [-0.1, -0.05) is 6.92 Å². The normalized spacial score (nSPS) is 16.6. The first-order valence-electron chi connectivity index (χ1n) is 8.74. The van der Waals surface area contributed by atoms with E-state index in [-0.39, 0.29) is 12.2 Å². The Morgan fingerprint density at radius 3 is 2.75 bits per heavy atom. The second kappa shape index (κ2) is 7.57. The van der Waals surface area contributed by atoms with Gasteiger partial charge in [-0.15, -0.1) is 11.3 Å². The van der Waals surface area contributed by atoms with E-state index in [1.54, 1.807) is 0 Å². The monoisotopic (exact) mass is 415 g/mol. The predicted molar refractivity (Wildman–Crippen MR) is 97.4 cm³/mol. The fraction of sp³-hybridized carbons (Fsp3) is 0.500. The van der Waals surface area contributed by atoms with E-state index in [2.05, 4.69) is 17.3 Å². The number of hydrogen-bond acceptors (Lipinski definition) is 5. The number of halogens is 3. The minimum absolute atomic E-state index is 0.218. The number of aromatic nitrogens is 2. The fourth-order valence-corrected chi connectivity index (χ4v) is 4.68. The third kappa shape index (κ3) is 4.06. The highest BCUT2D eigenvalue weighted by Gasteiger charge is 2.35. The maximum absolute atomic E-state index is 12.8. The number of carbonyl (C=O) groups is 2. The number of anilines is 1. The Kier molecular flexibility index (Phi) is 5.51. The van der Waals surface area contributed by atoms with E-state index in [0.717, 1.165) is 40.5 Å². The first kappa shape index (κ1) is 20.4. The van der Waals surface area contributed by atoms with Crippen molar-refractivity contribution in [3.63, 3.8) is 0 Å². The van der Waals surface area contributed by atoms with Crippen LogP contribution >= 0.6 is 11.3 Å². The molecule has 10 heteroatoms. The lowest BCUT2D eigenvalue weighted by atomic mass is 9.88. The molecule has 1 aliphatic carbocycles. The zero-order valence-electron chi connectivity index (χ0n) is 15.6. The second-order valence-corrected chi connectivity index (χ2v) is 8.03. The van der Waals surface area contributed by atoms with Crippen LogP contribution in [-0.2, 0) is 35.1 Å². The molecule has 1 amide bonds. The zero-order chi connectivity index (χ0) is 20.6. The van der Waals surface area contributed by atoms with Gasteiger partial charge in [0.2, 0.25) is 5.91 Å². The number of amides is 1. The van der Waals surface area contributed by atoms with Crippen LogP contribution in [0.2, 0.25) is 0 Å². The zero-order valence-corrected chi connectivity index (χ0v) is 16.5. The van der Waals surface area contributed by atoms with Crippen LogP contribution in [0.3, 0.4) is 0 Å². The van der Waals surface area contributed by atoms with Crippen LogP contribution in [0.5, 0.6) is 0 Å². The summed E-state index contributed by atoms with van der Waals surface area (Å²) in [7, 11) is 1.27. The van der Waals surface area contributed by atoms with Gasteiger partial charge in [0.1, 0.15) is 11.5 Å². The summed E-state index contributed by atoms with van der Waals surface area (Å²) < 4.78 is 44.2. The van der Waals surface area contributed by atoms with E-state index in [0.29, 0.717) is 16.5 Å². The number of nitrogens with one attached hydrogen (secondary N) is 1. The molecule has 1 aliphatic rings. The molecule has 0 saturated heterocycles. The molecule has 0 unspecified atom stereocenters. The van der Waals surface area contributed by atoms with Gasteiger partial charge in [0.15, 0.2) is 5.69 Å². The lowest BCUT2D eigenvalue weighted by molar-refractivity contribution is -0.141. The van der Waals surface area contributed by atoms with E-state index < -0.39 is 23.7 Å². The van der Waals surface area contributed by atoms with Crippen molar-refractivity contribution in [2.75, 3.05) is 12.4 Å². The quantitative estimate of drug-likeness (QED) is 0.771. The molecular formula is C18H20F3N3O3S. The van der Waals surface area contributed by atoms with Crippen LogP contribution in [0.1, 0.15) is 45.5 Å². The summed E-state index contributed by atoms with van der Waals surface area (Å²) in [6, 6.07) is 0.887. The van der Waals surface area contributed by atoms with Crippen LogP contribution < -0.4 is 5.32 Å². The molecule has 0 aliphatic heterocycles. The van der Waals surface area contributed by atoms with Gasteiger partial charge in [0.05, 0.1) is 12.7 Å². The molecule has 0 bridgehead atoms. The molecule has 0 fully saturated rings. The number of esters is 1. The largest absolute Gasteiger partial charge is 0.465 e. The van der Waals surface area contributed by atoms with Crippen molar-refractivity contribution < 1.29 is 27.5 Å². The third-order valence-electron chi connectivity index (χ3n) is 4.72. The molecule has 1 atom stereocenters. The van der Waals surface area contributed by atoms with E-state index >= 15 is 0 Å². The number of rotatable bonds is 4. The van der Waals surface area contributed by atoms with Gasteiger partial charge in [0, 0.05) is 10.6 Å². The fourth-order valence-electron chi connectivity index (χ4n) is 3.27. The van der Waals surface area contributed by atoms with Crippen LogP contribution in [0.4, 0.5) is 18.2 Å². The van der Waals surface area contributed by atoms with Gasteiger partial charge in [0.25, 0.3) is 0 Å². The van der Waals surface area contributed by atoms with Crippen LogP contribution in [0.25, 0.3) is 0 Å². The van der Waals surface area contributed by atoms with Crippen molar-refractivity contribution in [2.24, 2.45) is 5.92 Å². The van der Waals surface area contributed by atoms with Crippen molar-refractivity contribution in [3.05, 3.63) is 33.5 Å². The highest BCUT2D eigenvalue weighted by atomic mass is 32.1. The molecule has 2 aromatic rings. The molecular weight excluding hydrogens is 395 g/mol. The van der Waals surface area contributed by atoms with Crippen LogP contribution in [0, 0.1) is 12.8 Å². The van der Waals surface area contributed by atoms with Gasteiger partial charge in [-0.25, -0.2) is 4.79 Å². The van der Waals surface area contributed by atoms with Gasteiger partial charge in [-0.05, 0) is 43.7 Å². The third-order valence-corrected chi connectivity index (χ3v) is 5.89. The number of ether oxygens (including phenoxy) is 1. The summed E-state index contributed by atoms with van der Waals surface area (Å²) in [6.45, 7) is 3.18. The van der Waals surface area contributed by atoms with Crippen molar-refractivity contribution in [1.29, 1.82) is 0 Å². The lowest BCUT2D eigenvalue weighted by Crippen LogP contribution is -2.21. The first-order valence-corrected chi connectivity index (χ1v) is 9.56. The maximum Gasteiger partial charge on any atom is 0.435 e. The minimum Gasteiger partial charge on any atom is -0.465 e. The molecule has 0 saturated carbocycles. The SMILES string of the molecule is COC(=O)c1c(NC(=O)Cn2nc(C(F)(F)F)cc2C)sc2c1CC[C@@H](C)C2. The molecule has 28 heavy (non-hydrogen) atoms. The first-order chi connectivity index (χ1) is 13.1. The van der Waals surface area contributed by atoms with Crippen molar-refractivity contribution in [3.8, 4) is 0 Å². The number of fused-ring (bicyclic) bond motifs is 1. The molecule has 1 N–H and O–H groups in total. The molecule has 3 rings (SSSR count). The number of thiophene rings is 1. The van der Waals surface area contributed by atoms with Crippen molar-refractivity contribution in [1.82, 2.24) is 9.78 Å². The van der Waals surface area contributed by atoms with Crippen LogP contribution in [-0.4, -0.2) is 28.8 Å². The second-order valence-electron chi connectivity index (χ2n) is 6.92. The number of methoxy groups -OCH3 is 1. The van der Waals surface area contributed by atoms with Gasteiger partial charge in [-0.2, -0.15) is 18.3 Å². The summed E-state index contributed by atoms with van der Waals surface area (Å²) in [4.78, 5) is 25.7. The van der Waals surface area contributed by atoms with Gasteiger partial charge < -0.3 is 10.1 Å². The van der Waals surface area contributed by atoms with Gasteiger partial charge >= 0.3 is 12.1 Å². The van der Waals surface area contributed by atoms with Crippen molar-refractivity contribution in [2.45, 2.75) is 45.8 Å². The summed E-state index contributed by atoms with van der Waals surface area (Å²) in [5, 5.41) is 6.48. The molecule has 0 spiro atoms. The molecule has 6 nitrogen and oxygen atoms in total. The highest BCUT2D eigenvalue weighted by molar-refractivity contribution is 7.17. The minimum atomic E-state index is -4.58. The standard InChI is InChI=1S/C18H20F3N3O3S/c1-9-4-5-11-12(6-9)28-16(15(11)17(26)27-3)22-14(25)8-24-10(2)7-13(23-24)18(19,20)21/h7,9H,4-6,8H2,1-3H3,(H,22,25)/t9-/m1/s1. The summed E-state index contributed by atoms with van der Waals surface area (Å²) in [5.41, 5.74) is 0.402. The smallest absolute Gasteiger partial charge is 0.435 e.